The molecule has 11 heavy (non-hydrogen) atoms. The molecule has 0 aliphatic carbocycles. The van der Waals surface area contributed by atoms with Crippen LogP contribution in [0.2, 0.25) is 5.02 Å². The third-order valence-corrected chi connectivity index (χ3v) is 1.89. The molecule has 60 valence electrons. The Kier molecular flexibility index (Phi) is 2.92. The molecule has 0 aliphatic heterocycles. The molecule has 0 fully saturated rings. The summed E-state index contributed by atoms with van der Waals surface area (Å²) in [4.78, 5) is 0. The Balaban J connectivity index is 2.81. The summed E-state index contributed by atoms with van der Waals surface area (Å²) in [6.45, 7) is 1.94. The molecule has 2 heteroatoms. The smallest absolute Gasteiger partial charge is 0.0787 e. The predicted octanol–water partition coefficient (Wildman–Crippen LogP) is 2.78. The fourth-order valence-electron chi connectivity index (χ4n) is 0.921. The Morgan fingerprint density at radius 1 is 1.36 bits per heavy atom. The molecule has 0 bridgehead atoms. The fourth-order valence-corrected chi connectivity index (χ4v) is 1.05. The highest BCUT2D eigenvalue weighted by Gasteiger charge is 2.02. The van der Waals surface area contributed by atoms with Gasteiger partial charge in [-0.15, -0.1) is 0 Å². The van der Waals surface area contributed by atoms with Crippen LogP contribution in [0.25, 0.3) is 0 Å². The van der Waals surface area contributed by atoms with Gasteiger partial charge in [0.25, 0.3) is 0 Å². The predicted molar refractivity (Wildman–Crippen MR) is 46.7 cm³/mol. The fraction of sp³-hybridized carbons (Fsp3) is 0.333. The molecular weight excluding hydrogens is 160 g/mol. The largest absolute Gasteiger partial charge is 0.388 e. The van der Waals surface area contributed by atoms with E-state index in [2.05, 4.69) is 0 Å². The van der Waals surface area contributed by atoms with Gasteiger partial charge >= 0.3 is 0 Å². The summed E-state index contributed by atoms with van der Waals surface area (Å²) in [6.07, 6.45) is 0.383. The van der Waals surface area contributed by atoms with E-state index in [1.807, 2.05) is 19.1 Å². The molecule has 1 aromatic rings. The van der Waals surface area contributed by atoms with E-state index in [4.69, 9.17) is 11.6 Å². The Morgan fingerprint density at radius 2 is 1.91 bits per heavy atom. The molecule has 0 aromatic heterocycles. The van der Waals surface area contributed by atoms with Gasteiger partial charge in [-0.25, -0.2) is 0 Å². The zero-order chi connectivity index (χ0) is 8.27. The number of rotatable bonds is 2. The summed E-state index contributed by atoms with van der Waals surface area (Å²) >= 11 is 5.68. The van der Waals surface area contributed by atoms with Crippen LogP contribution in [0.5, 0.6) is 0 Å². The second-order valence-electron chi connectivity index (χ2n) is 2.48. The molecule has 0 aliphatic rings. The van der Waals surface area contributed by atoms with Crippen molar-refractivity contribution in [2.75, 3.05) is 0 Å². The zero-order valence-electron chi connectivity index (χ0n) is 6.42. The maximum Gasteiger partial charge on any atom is 0.0787 e. The molecular formula is C9H11ClO. The minimum atomic E-state index is -0.354. The van der Waals surface area contributed by atoms with Crippen LogP contribution in [0, 0.1) is 0 Å². The number of benzene rings is 1. The summed E-state index contributed by atoms with van der Waals surface area (Å²) in [7, 11) is 0. The number of halogens is 1. The van der Waals surface area contributed by atoms with Crippen molar-refractivity contribution in [2.45, 2.75) is 19.4 Å². The van der Waals surface area contributed by atoms with E-state index in [0.717, 1.165) is 12.0 Å². The van der Waals surface area contributed by atoms with Gasteiger partial charge in [0.2, 0.25) is 0 Å². The van der Waals surface area contributed by atoms with E-state index in [0.29, 0.717) is 5.02 Å². The van der Waals surface area contributed by atoms with Crippen LogP contribution in [0.3, 0.4) is 0 Å². The molecule has 1 aromatic carbocycles. The SMILES string of the molecule is CC[C@@H](O)c1ccc(Cl)cc1. The quantitative estimate of drug-likeness (QED) is 0.724. The van der Waals surface area contributed by atoms with Crippen molar-refractivity contribution < 1.29 is 5.11 Å². The van der Waals surface area contributed by atoms with Gasteiger partial charge < -0.3 is 5.11 Å². The van der Waals surface area contributed by atoms with Gasteiger partial charge in [-0.1, -0.05) is 30.7 Å². The van der Waals surface area contributed by atoms with E-state index in [1.54, 1.807) is 12.1 Å². The number of hydrogen-bond acceptors (Lipinski definition) is 1. The van der Waals surface area contributed by atoms with Crippen molar-refractivity contribution in [3.8, 4) is 0 Å². The molecule has 0 saturated carbocycles. The third-order valence-electron chi connectivity index (χ3n) is 1.64. The molecule has 0 heterocycles. The highest BCUT2D eigenvalue weighted by molar-refractivity contribution is 6.30. The maximum absolute atomic E-state index is 9.38. The van der Waals surface area contributed by atoms with Crippen LogP contribution in [0.15, 0.2) is 24.3 Å². The summed E-state index contributed by atoms with van der Waals surface area (Å²) in [5.74, 6) is 0. The van der Waals surface area contributed by atoms with Crippen molar-refractivity contribution >= 4 is 11.6 Å². The average Bonchev–Trinajstić information content (AvgIpc) is 2.05. The molecule has 0 spiro atoms. The van der Waals surface area contributed by atoms with Crippen LogP contribution >= 0.6 is 11.6 Å². The van der Waals surface area contributed by atoms with Crippen LogP contribution in [-0.4, -0.2) is 5.11 Å². The first-order chi connectivity index (χ1) is 5.24. The lowest BCUT2D eigenvalue weighted by atomic mass is 10.1. The molecule has 1 N–H and O–H groups in total. The minimum Gasteiger partial charge on any atom is -0.388 e. The first-order valence-electron chi connectivity index (χ1n) is 3.67. The monoisotopic (exact) mass is 170 g/mol. The molecule has 0 saturated heterocycles. The van der Waals surface area contributed by atoms with Crippen molar-refractivity contribution in [1.82, 2.24) is 0 Å². The first-order valence-corrected chi connectivity index (χ1v) is 4.05. The van der Waals surface area contributed by atoms with Gasteiger partial charge in [-0.2, -0.15) is 0 Å². The van der Waals surface area contributed by atoms with Crippen LogP contribution in [0.1, 0.15) is 25.0 Å². The summed E-state index contributed by atoms with van der Waals surface area (Å²) < 4.78 is 0. The van der Waals surface area contributed by atoms with Gasteiger partial charge in [0.05, 0.1) is 6.10 Å². The second-order valence-corrected chi connectivity index (χ2v) is 2.91. The topological polar surface area (TPSA) is 20.2 Å². The highest BCUT2D eigenvalue weighted by atomic mass is 35.5. The normalized spacial score (nSPS) is 13.0. The van der Waals surface area contributed by atoms with Crippen molar-refractivity contribution in [2.24, 2.45) is 0 Å². The number of aliphatic hydroxyl groups excluding tert-OH is 1. The molecule has 1 atom stereocenters. The lowest BCUT2D eigenvalue weighted by Crippen LogP contribution is -1.93. The van der Waals surface area contributed by atoms with Crippen LogP contribution in [-0.2, 0) is 0 Å². The molecule has 1 nitrogen and oxygen atoms in total. The molecule has 0 unspecified atom stereocenters. The Bertz CT molecular complexity index is 218. The van der Waals surface area contributed by atoms with Gasteiger partial charge in [-0.3, -0.25) is 0 Å². The van der Waals surface area contributed by atoms with Gasteiger partial charge in [0, 0.05) is 5.02 Å². The Labute approximate surface area is 71.6 Å². The van der Waals surface area contributed by atoms with Gasteiger partial charge in [0.1, 0.15) is 0 Å². The van der Waals surface area contributed by atoms with Gasteiger partial charge in [-0.05, 0) is 24.1 Å². The van der Waals surface area contributed by atoms with Crippen molar-refractivity contribution in [1.29, 1.82) is 0 Å². The van der Waals surface area contributed by atoms with E-state index in [1.165, 1.54) is 0 Å². The lowest BCUT2D eigenvalue weighted by molar-refractivity contribution is 0.173. The summed E-state index contributed by atoms with van der Waals surface area (Å²) in [5.41, 5.74) is 0.928. The molecule has 1 rings (SSSR count). The van der Waals surface area contributed by atoms with E-state index >= 15 is 0 Å². The minimum absolute atomic E-state index is 0.354. The third kappa shape index (κ3) is 2.21. The summed E-state index contributed by atoms with van der Waals surface area (Å²) in [5, 5.41) is 10.1. The maximum atomic E-state index is 9.38. The van der Waals surface area contributed by atoms with Gasteiger partial charge in [0.15, 0.2) is 0 Å². The zero-order valence-corrected chi connectivity index (χ0v) is 7.17. The summed E-state index contributed by atoms with van der Waals surface area (Å²) in [6, 6.07) is 7.26. The van der Waals surface area contributed by atoms with Crippen LogP contribution in [0.4, 0.5) is 0 Å². The molecule has 0 radical (unpaired) electrons. The lowest BCUT2D eigenvalue weighted by Gasteiger charge is -2.06. The Hall–Kier alpha value is -0.530. The first kappa shape index (κ1) is 8.57. The van der Waals surface area contributed by atoms with Crippen molar-refractivity contribution in [3.63, 3.8) is 0 Å². The second kappa shape index (κ2) is 3.74. The Morgan fingerprint density at radius 3 is 2.36 bits per heavy atom. The van der Waals surface area contributed by atoms with Crippen LogP contribution < -0.4 is 0 Å². The van der Waals surface area contributed by atoms with Crippen molar-refractivity contribution in [3.05, 3.63) is 34.9 Å². The van der Waals surface area contributed by atoms with E-state index < -0.39 is 0 Å². The number of hydrogen-bond donors (Lipinski definition) is 1. The average molecular weight is 171 g/mol. The standard InChI is InChI=1S/C9H11ClO/c1-2-9(11)7-3-5-8(10)6-4-7/h3-6,9,11H,2H2,1H3/t9-/m1/s1. The number of aliphatic hydroxyl groups is 1. The van der Waals surface area contributed by atoms with E-state index in [9.17, 15) is 5.11 Å². The highest BCUT2D eigenvalue weighted by Crippen LogP contribution is 2.18. The van der Waals surface area contributed by atoms with E-state index in [-0.39, 0.29) is 6.10 Å². The molecule has 0 amide bonds.